The highest BCUT2D eigenvalue weighted by Crippen LogP contribution is 2.23. The van der Waals surface area contributed by atoms with Crippen LogP contribution >= 0.6 is 0 Å². The Morgan fingerprint density at radius 3 is 1.87 bits per heavy atom. The second-order valence-corrected chi connectivity index (χ2v) is 11.1. The van der Waals surface area contributed by atoms with E-state index < -0.39 is 35.6 Å². The third kappa shape index (κ3) is 14.2. The average molecular weight is 642 g/mol. The summed E-state index contributed by atoms with van der Waals surface area (Å²) in [6.07, 6.45) is -0.293. The lowest BCUT2D eigenvalue weighted by Gasteiger charge is -2.24. The quantitative estimate of drug-likeness (QED) is 0.105. The minimum Gasteiger partial charge on any atom is -0.469 e. The van der Waals surface area contributed by atoms with E-state index in [2.05, 4.69) is 31.5 Å². The number of alkyl carbamates (subject to hydrolysis) is 1. The van der Waals surface area contributed by atoms with Crippen molar-refractivity contribution in [1.82, 2.24) is 10.6 Å². The number of nitrogens with zero attached hydrogens (tertiary/aromatic N) is 2. The van der Waals surface area contributed by atoms with Gasteiger partial charge in [0.15, 0.2) is 0 Å². The summed E-state index contributed by atoms with van der Waals surface area (Å²) in [5.41, 5.74) is 6.85. The first-order valence-corrected chi connectivity index (χ1v) is 14.6. The van der Waals surface area contributed by atoms with Crippen molar-refractivity contribution in [1.29, 1.82) is 0 Å². The molecular formula is C31H43N7O8. The van der Waals surface area contributed by atoms with Gasteiger partial charge in [0.05, 0.1) is 31.5 Å². The Bertz CT molecular complexity index is 1340. The van der Waals surface area contributed by atoms with Gasteiger partial charge in [-0.25, -0.2) is 14.4 Å². The van der Waals surface area contributed by atoms with Crippen LogP contribution in [-0.2, 0) is 28.6 Å². The Morgan fingerprint density at radius 2 is 1.37 bits per heavy atom. The fraction of sp³-hybridized carbons (Fsp3) is 0.452. The number of hydrogen-bond acceptors (Lipinski definition) is 11. The highest BCUT2D eigenvalue weighted by atomic mass is 16.6. The van der Waals surface area contributed by atoms with Crippen LogP contribution in [0.4, 0.5) is 32.3 Å². The summed E-state index contributed by atoms with van der Waals surface area (Å²) in [4.78, 5) is 61.3. The molecule has 46 heavy (non-hydrogen) atoms. The maximum Gasteiger partial charge on any atom is 0.408 e. The Kier molecular flexibility index (Phi) is 15.1. The molecule has 15 heteroatoms. The number of ether oxygens (including phenoxy) is 3. The fourth-order valence-corrected chi connectivity index (χ4v) is 4.02. The number of nitrogens with one attached hydrogen (secondary N) is 4. The van der Waals surface area contributed by atoms with Crippen LogP contribution in [0.5, 0.6) is 0 Å². The normalized spacial score (nSPS) is 12.4. The number of urea groups is 1. The molecule has 4 amide bonds. The molecule has 2 aromatic rings. The molecule has 6 N–H and O–H groups in total. The lowest BCUT2D eigenvalue weighted by molar-refractivity contribution is -0.148. The Balaban J connectivity index is 1.88. The summed E-state index contributed by atoms with van der Waals surface area (Å²) in [6.45, 7) is 5.76. The number of rotatable bonds is 15. The van der Waals surface area contributed by atoms with Crippen LogP contribution in [-0.4, -0.2) is 68.9 Å². The van der Waals surface area contributed by atoms with Gasteiger partial charge in [0, 0.05) is 30.9 Å². The number of nitrogens with two attached hydrogens (primary N) is 1. The molecule has 0 unspecified atom stereocenters. The van der Waals surface area contributed by atoms with Gasteiger partial charge in [-0.15, -0.1) is 0 Å². The molecule has 15 nitrogen and oxygen atoms in total. The third-order valence-corrected chi connectivity index (χ3v) is 6.17. The summed E-state index contributed by atoms with van der Waals surface area (Å²) in [6, 6.07) is 12.0. The monoisotopic (exact) mass is 641 g/mol. The predicted octanol–water partition coefficient (Wildman–Crippen LogP) is 4.54. The number of carbonyl (C=O) groups is 5. The molecule has 0 aliphatic rings. The van der Waals surface area contributed by atoms with Crippen molar-refractivity contribution < 1.29 is 38.2 Å². The number of carbonyl (C=O) groups excluding carboxylic acids is 5. The molecule has 250 valence electrons. The topological polar surface area (TPSA) is 212 Å². The zero-order valence-corrected chi connectivity index (χ0v) is 26.8. The number of hydrogen-bond donors (Lipinski definition) is 5. The van der Waals surface area contributed by atoms with Gasteiger partial charge in [-0.2, -0.15) is 10.2 Å². The van der Waals surface area contributed by atoms with E-state index in [9.17, 15) is 24.0 Å². The molecule has 0 spiro atoms. The number of methoxy groups -OCH3 is 2. The van der Waals surface area contributed by atoms with Crippen LogP contribution in [0.25, 0.3) is 0 Å². The average Bonchev–Trinajstić information content (AvgIpc) is 3.01. The van der Waals surface area contributed by atoms with Crippen LogP contribution in [0.3, 0.4) is 0 Å². The zero-order chi connectivity index (χ0) is 34.1. The van der Waals surface area contributed by atoms with E-state index in [1.54, 1.807) is 69.3 Å². The number of anilines is 2. The first kappa shape index (κ1) is 37.1. The van der Waals surface area contributed by atoms with Crippen molar-refractivity contribution in [2.45, 2.75) is 58.1 Å². The lowest BCUT2D eigenvalue weighted by Crippen LogP contribution is -2.45. The second-order valence-electron chi connectivity index (χ2n) is 11.1. The van der Waals surface area contributed by atoms with E-state index in [-0.39, 0.29) is 31.2 Å². The molecule has 0 aromatic heterocycles. The van der Waals surface area contributed by atoms with Gasteiger partial charge in [-0.3, -0.25) is 9.59 Å². The third-order valence-electron chi connectivity index (χ3n) is 6.17. The Hall–Kier alpha value is -5.05. The molecular weight excluding hydrogens is 598 g/mol. The highest BCUT2D eigenvalue weighted by Gasteiger charge is 2.31. The highest BCUT2D eigenvalue weighted by molar-refractivity contribution is 5.91. The minimum atomic E-state index is -1.15. The molecule has 2 atom stereocenters. The maximum atomic E-state index is 12.6. The molecule has 0 aliphatic carbocycles. The SMILES string of the molecule is COC(=O)[C@@H](CCCC(=O)Nc1ccc(N=Nc2ccc(NC(=O)NCCN)cc2)cc1)C[C@H](NC(=O)OC(C)(C)C)C(=O)OC. The summed E-state index contributed by atoms with van der Waals surface area (Å²) in [5, 5.41) is 18.9. The summed E-state index contributed by atoms with van der Waals surface area (Å²) < 4.78 is 14.9. The van der Waals surface area contributed by atoms with Crippen LogP contribution < -0.4 is 27.0 Å². The number of benzene rings is 2. The smallest absolute Gasteiger partial charge is 0.408 e. The van der Waals surface area contributed by atoms with E-state index in [1.165, 1.54) is 14.2 Å². The number of azo groups is 1. The van der Waals surface area contributed by atoms with Gasteiger partial charge in [0.2, 0.25) is 5.91 Å². The van der Waals surface area contributed by atoms with Gasteiger partial charge in [-0.1, -0.05) is 0 Å². The molecule has 0 fully saturated rings. The summed E-state index contributed by atoms with van der Waals surface area (Å²) in [5.74, 6) is -2.38. The van der Waals surface area contributed by atoms with E-state index in [1.807, 2.05) is 0 Å². The van der Waals surface area contributed by atoms with Gasteiger partial charge in [0.1, 0.15) is 11.6 Å². The van der Waals surface area contributed by atoms with Crippen LogP contribution in [0.1, 0.15) is 46.5 Å². The molecule has 0 bridgehead atoms. The first-order valence-electron chi connectivity index (χ1n) is 14.6. The molecule has 0 saturated carbocycles. The second kappa shape index (κ2) is 18.7. The van der Waals surface area contributed by atoms with Crippen LogP contribution in [0.15, 0.2) is 58.8 Å². The van der Waals surface area contributed by atoms with Gasteiger partial charge >= 0.3 is 24.1 Å². The van der Waals surface area contributed by atoms with Crippen molar-refractivity contribution in [2.75, 3.05) is 37.9 Å². The van der Waals surface area contributed by atoms with E-state index >= 15 is 0 Å². The zero-order valence-electron chi connectivity index (χ0n) is 26.8. The van der Waals surface area contributed by atoms with Gasteiger partial charge in [-0.05, 0) is 88.6 Å². The molecule has 0 heterocycles. The largest absolute Gasteiger partial charge is 0.469 e. The first-order chi connectivity index (χ1) is 21.8. The van der Waals surface area contributed by atoms with Crippen molar-refractivity contribution in [3.63, 3.8) is 0 Å². The van der Waals surface area contributed by atoms with E-state index in [0.717, 1.165) is 0 Å². The number of esters is 2. The fourth-order valence-electron chi connectivity index (χ4n) is 4.02. The molecule has 2 rings (SSSR count). The standard InChI is InChI=1S/C31H43N7O8/c1-31(2,3)46-30(43)36-25(28(41)45-5)19-20(27(40)44-4)7-6-8-26(39)34-21-9-13-23(14-10-21)37-38-24-15-11-22(12-16-24)35-29(42)33-18-17-32/h9-16,20,25H,6-8,17-19,32H2,1-5H3,(H,34,39)(H,36,43)(H2,33,35,42)/t20-,25-/m0/s1. The summed E-state index contributed by atoms with van der Waals surface area (Å²) >= 11 is 0. The minimum absolute atomic E-state index is 0.0936. The van der Waals surface area contributed by atoms with E-state index in [0.29, 0.717) is 42.3 Å². The van der Waals surface area contributed by atoms with Crippen molar-refractivity contribution in [3.8, 4) is 0 Å². The predicted molar refractivity (Wildman–Crippen MR) is 171 cm³/mol. The van der Waals surface area contributed by atoms with Crippen molar-refractivity contribution >= 4 is 52.7 Å². The molecule has 0 radical (unpaired) electrons. The van der Waals surface area contributed by atoms with Crippen molar-refractivity contribution in [2.24, 2.45) is 21.9 Å². The molecule has 0 saturated heterocycles. The Morgan fingerprint density at radius 1 is 0.826 bits per heavy atom. The van der Waals surface area contributed by atoms with Crippen LogP contribution in [0.2, 0.25) is 0 Å². The lowest BCUT2D eigenvalue weighted by atomic mass is 9.94. The Labute approximate surface area is 268 Å². The molecule has 0 aliphatic heterocycles. The van der Waals surface area contributed by atoms with E-state index in [4.69, 9.17) is 19.9 Å². The van der Waals surface area contributed by atoms with Crippen LogP contribution in [0, 0.1) is 5.92 Å². The summed E-state index contributed by atoms with van der Waals surface area (Å²) in [7, 11) is 2.40. The molecule has 2 aromatic carbocycles. The number of amides is 4. The van der Waals surface area contributed by atoms with Crippen molar-refractivity contribution in [3.05, 3.63) is 48.5 Å². The maximum absolute atomic E-state index is 12.6. The van der Waals surface area contributed by atoms with Gasteiger partial charge < -0.3 is 41.2 Å². The van der Waals surface area contributed by atoms with Gasteiger partial charge in [0.25, 0.3) is 0 Å².